The van der Waals surface area contributed by atoms with Crippen LogP contribution >= 0.6 is 11.3 Å². The number of nitrogens with one attached hydrogen (secondary N) is 1. The van der Waals surface area contributed by atoms with Crippen LogP contribution in [0.4, 0.5) is 5.69 Å². The summed E-state index contributed by atoms with van der Waals surface area (Å²) < 4.78 is 5.46. The van der Waals surface area contributed by atoms with E-state index in [2.05, 4.69) is 10.3 Å². The summed E-state index contributed by atoms with van der Waals surface area (Å²) in [6, 6.07) is 14.6. The van der Waals surface area contributed by atoms with Crippen molar-refractivity contribution in [3.63, 3.8) is 0 Å². The van der Waals surface area contributed by atoms with Gasteiger partial charge in [-0.3, -0.25) is 4.79 Å². The van der Waals surface area contributed by atoms with Crippen molar-refractivity contribution >= 4 is 28.9 Å². The molecule has 5 nitrogen and oxygen atoms in total. The van der Waals surface area contributed by atoms with Crippen molar-refractivity contribution in [2.75, 3.05) is 5.32 Å². The number of carbonyl (C=O) groups is 2. The highest BCUT2D eigenvalue weighted by molar-refractivity contribution is 7.13. The predicted octanol–water partition coefficient (Wildman–Crippen LogP) is 3.92. The molecule has 2 heterocycles. The molecule has 1 amide bonds. The number of hydrogen-bond donors (Lipinski definition) is 1. The van der Waals surface area contributed by atoms with Crippen LogP contribution in [0.25, 0.3) is 10.6 Å². The van der Waals surface area contributed by atoms with Crippen molar-refractivity contribution < 1.29 is 14.3 Å². The minimum absolute atomic E-state index is 0.345. The minimum Gasteiger partial charge on any atom is -0.445 e. The Morgan fingerprint density at radius 1 is 1.19 bits per heavy atom. The first-order valence-corrected chi connectivity index (χ1v) is 9.06. The Hall–Kier alpha value is -2.99. The lowest BCUT2D eigenvalue weighted by atomic mass is 9.89. The van der Waals surface area contributed by atoms with Gasteiger partial charge in [0.1, 0.15) is 5.01 Å². The maximum absolute atomic E-state index is 12.8. The van der Waals surface area contributed by atoms with E-state index in [1.807, 2.05) is 41.8 Å². The molecule has 0 bridgehead atoms. The van der Waals surface area contributed by atoms with Gasteiger partial charge in [0, 0.05) is 29.2 Å². The monoisotopic (exact) mass is 364 g/mol. The molecule has 0 saturated heterocycles. The fourth-order valence-electron chi connectivity index (χ4n) is 2.98. The first-order chi connectivity index (χ1) is 12.5. The van der Waals surface area contributed by atoms with Crippen molar-refractivity contribution in [1.29, 1.82) is 0 Å². The number of esters is 1. The highest BCUT2D eigenvalue weighted by Crippen LogP contribution is 2.30. The largest absolute Gasteiger partial charge is 0.445 e. The lowest BCUT2D eigenvalue weighted by Crippen LogP contribution is -2.48. The van der Waals surface area contributed by atoms with Crippen LogP contribution in [0.1, 0.15) is 22.8 Å². The molecule has 1 unspecified atom stereocenters. The molecule has 4 rings (SSSR count). The van der Waals surface area contributed by atoms with Gasteiger partial charge >= 0.3 is 5.97 Å². The van der Waals surface area contributed by atoms with Gasteiger partial charge < -0.3 is 10.1 Å². The highest BCUT2D eigenvalue weighted by atomic mass is 32.1. The van der Waals surface area contributed by atoms with E-state index >= 15 is 0 Å². The van der Waals surface area contributed by atoms with Crippen LogP contribution in [0.2, 0.25) is 0 Å². The summed E-state index contributed by atoms with van der Waals surface area (Å²) >= 11 is 1.56. The molecular formula is C20H16N2O3S. The lowest BCUT2D eigenvalue weighted by Gasteiger charge is -2.33. The van der Waals surface area contributed by atoms with E-state index in [9.17, 15) is 9.59 Å². The van der Waals surface area contributed by atoms with Crippen LogP contribution in [0.5, 0.6) is 0 Å². The van der Waals surface area contributed by atoms with Crippen LogP contribution < -0.4 is 5.32 Å². The first kappa shape index (κ1) is 16.5. The maximum atomic E-state index is 12.8. The summed E-state index contributed by atoms with van der Waals surface area (Å²) in [7, 11) is 0. The molecule has 2 aromatic carbocycles. The lowest BCUT2D eigenvalue weighted by molar-refractivity contribution is -0.134. The third-order valence-corrected chi connectivity index (χ3v) is 5.21. The normalized spacial score (nSPS) is 18.7. The van der Waals surface area contributed by atoms with E-state index in [0.29, 0.717) is 17.7 Å². The standard InChI is InChI=1S/C20H16N2O3S/c1-20(12-14-4-2-3-5-16(14)18(23)25-20)19(24)22-15-8-6-13(7-9-15)17-21-10-11-26-17/h2-11H,12H2,1H3,(H,22,24). The number of ether oxygens (including phenoxy) is 1. The van der Waals surface area contributed by atoms with Gasteiger partial charge in [-0.1, -0.05) is 18.2 Å². The molecule has 1 aliphatic heterocycles. The quantitative estimate of drug-likeness (QED) is 0.715. The smallest absolute Gasteiger partial charge is 0.339 e. The number of hydrogen-bond acceptors (Lipinski definition) is 5. The molecule has 0 fully saturated rings. The topological polar surface area (TPSA) is 68.3 Å². The number of cyclic esters (lactones) is 1. The Morgan fingerprint density at radius 2 is 1.96 bits per heavy atom. The van der Waals surface area contributed by atoms with Crippen LogP contribution in [0.15, 0.2) is 60.1 Å². The van der Waals surface area contributed by atoms with Crippen molar-refractivity contribution in [2.24, 2.45) is 0 Å². The third-order valence-electron chi connectivity index (χ3n) is 4.39. The second-order valence-electron chi connectivity index (χ2n) is 6.32. The molecule has 130 valence electrons. The van der Waals surface area contributed by atoms with Crippen molar-refractivity contribution in [1.82, 2.24) is 4.98 Å². The van der Waals surface area contributed by atoms with Gasteiger partial charge in [-0.15, -0.1) is 11.3 Å². The third kappa shape index (κ3) is 2.99. The number of anilines is 1. The Bertz CT molecular complexity index is 967. The number of fused-ring (bicyclic) bond motifs is 1. The zero-order valence-electron chi connectivity index (χ0n) is 14.1. The summed E-state index contributed by atoms with van der Waals surface area (Å²) in [6.07, 6.45) is 2.10. The number of rotatable bonds is 3. The Balaban J connectivity index is 1.52. The number of amides is 1. The summed E-state index contributed by atoms with van der Waals surface area (Å²) in [5, 5.41) is 5.68. The van der Waals surface area contributed by atoms with E-state index in [0.717, 1.165) is 16.1 Å². The van der Waals surface area contributed by atoms with Gasteiger partial charge in [0.25, 0.3) is 5.91 Å². The van der Waals surface area contributed by atoms with E-state index < -0.39 is 11.6 Å². The van der Waals surface area contributed by atoms with Crippen LogP contribution in [0, 0.1) is 0 Å². The van der Waals surface area contributed by atoms with Gasteiger partial charge in [0.2, 0.25) is 0 Å². The number of aromatic nitrogens is 1. The van der Waals surface area contributed by atoms with Gasteiger partial charge in [-0.25, -0.2) is 9.78 Å². The molecule has 26 heavy (non-hydrogen) atoms. The molecule has 1 N–H and O–H groups in total. The number of nitrogens with zero attached hydrogens (tertiary/aromatic N) is 1. The average molecular weight is 364 g/mol. The molecule has 0 saturated carbocycles. The second kappa shape index (κ2) is 6.38. The Kier molecular flexibility index (Phi) is 4.05. The van der Waals surface area contributed by atoms with E-state index in [-0.39, 0.29) is 5.91 Å². The summed E-state index contributed by atoms with van der Waals surface area (Å²) in [6.45, 7) is 1.64. The van der Waals surface area contributed by atoms with Gasteiger partial charge in [0.05, 0.1) is 5.56 Å². The number of benzene rings is 2. The molecule has 0 aliphatic carbocycles. The second-order valence-corrected chi connectivity index (χ2v) is 7.22. The molecule has 0 radical (unpaired) electrons. The van der Waals surface area contributed by atoms with E-state index in [4.69, 9.17) is 4.74 Å². The average Bonchev–Trinajstić information content (AvgIpc) is 3.17. The molecule has 1 aromatic heterocycles. The molecule has 3 aromatic rings. The number of carbonyl (C=O) groups excluding carboxylic acids is 2. The zero-order chi connectivity index (χ0) is 18.1. The van der Waals surface area contributed by atoms with Crippen molar-refractivity contribution in [3.05, 3.63) is 71.2 Å². The Labute approximate surface area is 154 Å². The molecule has 6 heteroatoms. The van der Waals surface area contributed by atoms with Crippen LogP contribution in [0.3, 0.4) is 0 Å². The van der Waals surface area contributed by atoms with Gasteiger partial charge in [-0.2, -0.15) is 0 Å². The fraction of sp³-hybridized carbons (Fsp3) is 0.150. The van der Waals surface area contributed by atoms with Gasteiger partial charge in [0.15, 0.2) is 5.60 Å². The highest BCUT2D eigenvalue weighted by Gasteiger charge is 2.42. The van der Waals surface area contributed by atoms with E-state index in [1.54, 1.807) is 36.6 Å². The van der Waals surface area contributed by atoms with Crippen molar-refractivity contribution in [2.45, 2.75) is 18.9 Å². The van der Waals surface area contributed by atoms with Crippen LogP contribution in [-0.4, -0.2) is 22.5 Å². The predicted molar refractivity (Wildman–Crippen MR) is 100 cm³/mol. The first-order valence-electron chi connectivity index (χ1n) is 8.18. The number of thiazole rings is 1. The Morgan fingerprint density at radius 3 is 2.69 bits per heavy atom. The molecule has 1 aliphatic rings. The molecule has 1 atom stereocenters. The minimum atomic E-state index is -1.24. The van der Waals surface area contributed by atoms with Crippen molar-refractivity contribution in [3.8, 4) is 10.6 Å². The molecular weight excluding hydrogens is 348 g/mol. The van der Waals surface area contributed by atoms with Gasteiger partial charge in [-0.05, 0) is 42.8 Å². The summed E-state index contributed by atoms with van der Waals surface area (Å²) in [5.74, 6) is -0.814. The molecule has 0 spiro atoms. The maximum Gasteiger partial charge on any atom is 0.339 e. The van der Waals surface area contributed by atoms with E-state index in [1.165, 1.54) is 0 Å². The fourth-order valence-corrected chi connectivity index (χ4v) is 3.63. The summed E-state index contributed by atoms with van der Waals surface area (Å²) in [5.41, 5.74) is 1.74. The zero-order valence-corrected chi connectivity index (χ0v) is 14.9. The van der Waals surface area contributed by atoms with Crippen LogP contribution in [-0.2, 0) is 16.0 Å². The SMILES string of the molecule is CC1(C(=O)Nc2ccc(-c3nccs3)cc2)Cc2ccccc2C(=O)O1. The summed E-state index contributed by atoms with van der Waals surface area (Å²) in [4.78, 5) is 29.3.